The average molecular weight is 286 g/mol. The first kappa shape index (κ1) is 14.9. The van der Waals surface area contributed by atoms with E-state index < -0.39 is 0 Å². The van der Waals surface area contributed by atoms with E-state index in [1.165, 1.54) is 62.9 Å². The van der Waals surface area contributed by atoms with Crippen molar-refractivity contribution in [1.82, 2.24) is 5.32 Å². The van der Waals surface area contributed by atoms with Crippen LogP contribution in [0, 0.1) is 5.41 Å². The van der Waals surface area contributed by atoms with Crippen molar-refractivity contribution in [3.05, 3.63) is 29.8 Å². The molecule has 3 rings (SSSR count). The minimum atomic E-state index is 0.565. The summed E-state index contributed by atoms with van der Waals surface area (Å²) in [6.07, 6.45) is 8.08. The molecule has 2 nitrogen and oxygen atoms in total. The first-order valence-electron chi connectivity index (χ1n) is 8.70. The molecule has 0 amide bonds. The lowest BCUT2D eigenvalue weighted by atomic mass is 9.75. The van der Waals surface area contributed by atoms with Crippen LogP contribution < -0.4 is 10.2 Å². The quantitative estimate of drug-likeness (QED) is 0.885. The number of nitrogens with one attached hydrogen (secondary N) is 1. The van der Waals surface area contributed by atoms with Gasteiger partial charge >= 0.3 is 0 Å². The van der Waals surface area contributed by atoms with Gasteiger partial charge in [-0.2, -0.15) is 0 Å². The second kappa shape index (κ2) is 6.39. The molecule has 116 valence electrons. The fraction of sp³-hybridized carbons (Fsp3) is 0.684. The van der Waals surface area contributed by atoms with Gasteiger partial charge in [0.05, 0.1) is 0 Å². The van der Waals surface area contributed by atoms with Crippen LogP contribution in [-0.4, -0.2) is 19.1 Å². The van der Waals surface area contributed by atoms with Gasteiger partial charge in [0.2, 0.25) is 0 Å². The molecule has 2 heteroatoms. The highest BCUT2D eigenvalue weighted by molar-refractivity contribution is 5.48. The summed E-state index contributed by atoms with van der Waals surface area (Å²) in [5.41, 5.74) is 3.38. The second-order valence-corrected chi connectivity index (χ2v) is 7.68. The van der Waals surface area contributed by atoms with Gasteiger partial charge in [-0.05, 0) is 61.6 Å². The lowest BCUT2D eigenvalue weighted by Gasteiger charge is -2.34. The lowest BCUT2D eigenvalue weighted by Crippen LogP contribution is -2.35. The van der Waals surface area contributed by atoms with E-state index >= 15 is 0 Å². The maximum Gasteiger partial charge on any atom is 0.0366 e. The minimum Gasteiger partial charge on any atom is -0.372 e. The number of hydrogen-bond acceptors (Lipinski definition) is 2. The maximum absolute atomic E-state index is 3.75. The maximum atomic E-state index is 3.75. The number of nitrogens with zero attached hydrogens (tertiary/aromatic N) is 1. The van der Waals surface area contributed by atoms with Gasteiger partial charge in [-0.1, -0.05) is 26.0 Å². The van der Waals surface area contributed by atoms with Crippen molar-refractivity contribution in [1.29, 1.82) is 0 Å². The summed E-state index contributed by atoms with van der Waals surface area (Å²) in [6, 6.07) is 9.91. The van der Waals surface area contributed by atoms with Crippen LogP contribution in [0.1, 0.15) is 57.9 Å². The van der Waals surface area contributed by atoms with Crippen molar-refractivity contribution in [2.45, 2.75) is 65.0 Å². The van der Waals surface area contributed by atoms with Gasteiger partial charge in [-0.25, -0.2) is 0 Å². The molecule has 0 unspecified atom stereocenters. The van der Waals surface area contributed by atoms with Gasteiger partial charge in [0, 0.05) is 31.4 Å². The largest absolute Gasteiger partial charge is 0.372 e. The van der Waals surface area contributed by atoms with E-state index in [0.29, 0.717) is 5.41 Å². The van der Waals surface area contributed by atoms with Crippen LogP contribution in [0.25, 0.3) is 0 Å². The molecule has 0 radical (unpaired) electrons. The summed E-state index contributed by atoms with van der Waals surface area (Å²) in [7, 11) is 0. The first-order valence-corrected chi connectivity index (χ1v) is 8.70. The highest BCUT2D eigenvalue weighted by Crippen LogP contribution is 2.35. The van der Waals surface area contributed by atoms with Crippen molar-refractivity contribution in [3.63, 3.8) is 0 Å². The van der Waals surface area contributed by atoms with Crippen molar-refractivity contribution in [2.24, 2.45) is 5.41 Å². The zero-order chi connectivity index (χ0) is 14.7. The number of anilines is 1. The van der Waals surface area contributed by atoms with E-state index in [1.807, 2.05) is 0 Å². The zero-order valence-corrected chi connectivity index (χ0v) is 13.7. The third-order valence-corrected chi connectivity index (χ3v) is 5.34. The molecule has 1 aromatic carbocycles. The van der Waals surface area contributed by atoms with E-state index in [9.17, 15) is 0 Å². The van der Waals surface area contributed by atoms with E-state index in [4.69, 9.17) is 0 Å². The van der Waals surface area contributed by atoms with Gasteiger partial charge in [-0.3, -0.25) is 0 Å². The molecule has 0 atom stereocenters. The molecule has 2 aliphatic rings. The molecule has 2 fully saturated rings. The van der Waals surface area contributed by atoms with Gasteiger partial charge in [0.15, 0.2) is 0 Å². The standard InChI is InChI=1S/C19H30N2/c1-19(2)11-9-17(10-12-19)20-15-16-5-7-18(8-6-16)21-13-3-4-14-21/h5-8,17,20H,3-4,9-15H2,1-2H3. The molecule has 21 heavy (non-hydrogen) atoms. The molecule has 1 aliphatic heterocycles. The van der Waals surface area contributed by atoms with Crippen molar-refractivity contribution >= 4 is 5.69 Å². The van der Waals surface area contributed by atoms with Crippen molar-refractivity contribution < 1.29 is 0 Å². The van der Waals surface area contributed by atoms with Crippen LogP contribution in [-0.2, 0) is 6.54 Å². The van der Waals surface area contributed by atoms with Crippen LogP contribution in [0.15, 0.2) is 24.3 Å². The summed E-state index contributed by atoms with van der Waals surface area (Å²) in [6.45, 7) is 8.29. The summed E-state index contributed by atoms with van der Waals surface area (Å²) >= 11 is 0. The Morgan fingerprint density at radius 2 is 1.67 bits per heavy atom. The molecule has 0 aromatic heterocycles. The predicted octanol–water partition coefficient (Wildman–Crippen LogP) is 4.35. The number of hydrogen-bond donors (Lipinski definition) is 1. The summed E-state index contributed by atoms with van der Waals surface area (Å²) in [4.78, 5) is 2.50. The fourth-order valence-corrected chi connectivity index (χ4v) is 3.67. The molecule has 1 aromatic rings. The molecule has 1 N–H and O–H groups in total. The smallest absolute Gasteiger partial charge is 0.0366 e. The van der Waals surface area contributed by atoms with Gasteiger partial charge in [-0.15, -0.1) is 0 Å². The Morgan fingerprint density at radius 3 is 2.29 bits per heavy atom. The van der Waals surface area contributed by atoms with E-state index in [-0.39, 0.29) is 0 Å². The Bertz CT molecular complexity index is 433. The van der Waals surface area contributed by atoms with Crippen molar-refractivity contribution in [2.75, 3.05) is 18.0 Å². The summed E-state index contributed by atoms with van der Waals surface area (Å²) in [5, 5.41) is 3.75. The Labute approximate surface area is 129 Å². The molecule has 1 saturated heterocycles. The van der Waals surface area contributed by atoms with E-state index in [1.54, 1.807) is 0 Å². The SMILES string of the molecule is CC1(C)CCC(NCc2ccc(N3CCCC3)cc2)CC1. The minimum absolute atomic E-state index is 0.565. The number of benzene rings is 1. The van der Waals surface area contributed by atoms with Crippen LogP contribution in [0.3, 0.4) is 0 Å². The number of rotatable bonds is 4. The Hall–Kier alpha value is -1.02. The van der Waals surface area contributed by atoms with E-state index in [0.717, 1.165) is 12.6 Å². The Kier molecular flexibility index (Phi) is 4.54. The topological polar surface area (TPSA) is 15.3 Å². The molecular formula is C19H30N2. The predicted molar refractivity (Wildman–Crippen MR) is 90.8 cm³/mol. The third kappa shape index (κ3) is 4.00. The Morgan fingerprint density at radius 1 is 1.05 bits per heavy atom. The normalized spacial score (nSPS) is 22.7. The van der Waals surface area contributed by atoms with Crippen LogP contribution in [0.2, 0.25) is 0 Å². The van der Waals surface area contributed by atoms with Crippen LogP contribution in [0.4, 0.5) is 5.69 Å². The second-order valence-electron chi connectivity index (χ2n) is 7.68. The summed E-state index contributed by atoms with van der Waals surface area (Å²) in [5.74, 6) is 0. The molecular weight excluding hydrogens is 256 g/mol. The molecule has 1 heterocycles. The van der Waals surface area contributed by atoms with Gasteiger partial charge in [0.1, 0.15) is 0 Å². The lowest BCUT2D eigenvalue weighted by molar-refractivity contribution is 0.206. The molecule has 1 saturated carbocycles. The Balaban J connectivity index is 1.47. The van der Waals surface area contributed by atoms with Gasteiger partial charge < -0.3 is 10.2 Å². The zero-order valence-electron chi connectivity index (χ0n) is 13.7. The fourth-order valence-electron chi connectivity index (χ4n) is 3.67. The van der Waals surface area contributed by atoms with Crippen LogP contribution >= 0.6 is 0 Å². The highest BCUT2D eigenvalue weighted by Gasteiger charge is 2.26. The highest BCUT2D eigenvalue weighted by atomic mass is 15.1. The first-order chi connectivity index (χ1) is 10.1. The molecule has 0 bridgehead atoms. The van der Waals surface area contributed by atoms with E-state index in [2.05, 4.69) is 48.3 Å². The average Bonchev–Trinajstić information content (AvgIpc) is 3.01. The monoisotopic (exact) mass is 286 g/mol. The van der Waals surface area contributed by atoms with Crippen molar-refractivity contribution in [3.8, 4) is 0 Å². The van der Waals surface area contributed by atoms with Gasteiger partial charge in [0.25, 0.3) is 0 Å². The third-order valence-electron chi connectivity index (χ3n) is 5.34. The molecule has 1 aliphatic carbocycles. The molecule has 0 spiro atoms. The van der Waals surface area contributed by atoms with Crippen LogP contribution in [0.5, 0.6) is 0 Å². The summed E-state index contributed by atoms with van der Waals surface area (Å²) < 4.78 is 0.